The Morgan fingerprint density at radius 2 is 2.00 bits per heavy atom. The van der Waals surface area contributed by atoms with Crippen molar-refractivity contribution in [3.63, 3.8) is 0 Å². The Bertz CT molecular complexity index is 595. The molecule has 2 aliphatic rings. The Kier molecular flexibility index (Phi) is 6.81. The Balaban J connectivity index is 2.22. The second-order valence-electron chi connectivity index (χ2n) is 9.57. The van der Waals surface area contributed by atoms with Gasteiger partial charge in [-0.25, -0.2) is 0 Å². The van der Waals surface area contributed by atoms with Crippen molar-refractivity contribution in [2.24, 2.45) is 28.6 Å². The third kappa shape index (κ3) is 4.57. The van der Waals surface area contributed by atoms with E-state index < -0.39 is 0 Å². The average Bonchev–Trinajstić information content (AvgIpc) is 2.59. The van der Waals surface area contributed by atoms with Crippen molar-refractivity contribution >= 4 is 11.9 Å². The second kappa shape index (κ2) is 8.36. The summed E-state index contributed by atoms with van der Waals surface area (Å²) in [7, 11) is 1.46. The monoisotopic (exact) mass is 378 g/mol. The molecule has 1 fully saturated rings. The van der Waals surface area contributed by atoms with Crippen LogP contribution < -0.4 is 0 Å². The molecule has 0 spiro atoms. The van der Waals surface area contributed by atoms with Gasteiger partial charge >= 0.3 is 11.9 Å². The van der Waals surface area contributed by atoms with Crippen molar-refractivity contribution in [2.45, 2.75) is 86.2 Å². The topological polar surface area (TPSA) is 52.6 Å². The van der Waals surface area contributed by atoms with E-state index in [2.05, 4.69) is 40.7 Å². The van der Waals surface area contributed by atoms with E-state index in [1.165, 1.54) is 32.4 Å². The third-order valence-electron chi connectivity index (χ3n) is 7.83. The lowest BCUT2D eigenvalue weighted by Gasteiger charge is -2.59. The molecule has 0 bridgehead atoms. The van der Waals surface area contributed by atoms with Crippen molar-refractivity contribution in [3.8, 4) is 0 Å². The summed E-state index contributed by atoms with van der Waals surface area (Å²) in [5.74, 6) is 1.09. The molecule has 0 radical (unpaired) electrons. The van der Waals surface area contributed by atoms with Crippen LogP contribution in [0.4, 0.5) is 0 Å². The van der Waals surface area contributed by atoms with Crippen LogP contribution in [0.15, 0.2) is 11.6 Å². The molecule has 27 heavy (non-hydrogen) atoms. The van der Waals surface area contributed by atoms with Gasteiger partial charge in [0.2, 0.25) is 0 Å². The summed E-state index contributed by atoms with van der Waals surface area (Å²) in [4.78, 5) is 23.1. The molecule has 0 aromatic rings. The molecule has 154 valence electrons. The van der Waals surface area contributed by atoms with E-state index in [1.807, 2.05) is 0 Å². The Morgan fingerprint density at radius 3 is 2.59 bits per heavy atom. The van der Waals surface area contributed by atoms with Crippen LogP contribution in [0.3, 0.4) is 0 Å². The van der Waals surface area contributed by atoms with E-state index in [0.29, 0.717) is 24.2 Å². The van der Waals surface area contributed by atoms with E-state index in [9.17, 15) is 9.59 Å². The molecule has 2 rings (SSSR count). The minimum atomic E-state index is -0.204. The molecule has 4 heteroatoms. The number of rotatable bonds is 6. The van der Waals surface area contributed by atoms with Crippen LogP contribution >= 0.6 is 0 Å². The van der Waals surface area contributed by atoms with Gasteiger partial charge in [-0.1, -0.05) is 33.3 Å². The number of hydrogen-bond donors (Lipinski definition) is 0. The number of fused-ring (bicyclic) bond motifs is 1. The lowest BCUT2D eigenvalue weighted by molar-refractivity contribution is -0.148. The highest BCUT2D eigenvalue weighted by Gasteiger charge is 2.54. The first-order valence-corrected chi connectivity index (χ1v) is 10.5. The Morgan fingerprint density at radius 1 is 1.33 bits per heavy atom. The lowest BCUT2D eigenvalue weighted by Crippen LogP contribution is -2.52. The summed E-state index contributed by atoms with van der Waals surface area (Å²) < 4.78 is 10.4. The van der Waals surface area contributed by atoms with Crippen LogP contribution in [0.1, 0.15) is 80.1 Å². The van der Waals surface area contributed by atoms with Crippen molar-refractivity contribution in [3.05, 3.63) is 11.6 Å². The van der Waals surface area contributed by atoms with Gasteiger partial charge in [-0.05, 0) is 73.7 Å². The van der Waals surface area contributed by atoms with Gasteiger partial charge < -0.3 is 9.47 Å². The molecule has 0 aromatic carbocycles. The summed E-state index contributed by atoms with van der Waals surface area (Å²) in [5, 5.41) is 0. The zero-order valence-electron chi connectivity index (χ0n) is 18.3. The Hall–Kier alpha value is -1.32. The summed E-state index contributed by atoms with van der Waals surface area (Å²) >= 11 is 0. The van der Waals surface area contributed by atoms with Gasteiger partial charge in [-0.2, -0.15) is 0 Å². The van der Waals surface area contributed by atoms with Gasteiger partial charge in [-0.15, -0.1) is 0 Å². The maximum absolute atomic E-state index is 11.6. The zero-order chi connectivity index (χ0) is 20.4. The maximum Gasteiger partial charge on any atom is 0.305 e. The fourth-order valence-corrected chi connectivity index (χ4v) is 5.61. The molecule has 6 unspecified atom stereocenters. The summed E-state index contributed by atoms with van der Waals surface area (Å²) in [6.07, 6.45) is 7.97. The number of ether oxygens (including phenoxy) is 2. The van der Waals surface area contributed by atoms with E-state index >= 15 is 0 Å². The highest BCUT2D eigenvalue weighted by molar-refractivity contribution is 5.69. The standard InChI is InChI=1S/C23H38O4/c1-15(12-21(25)26-7)8-10-22(5)16(2)9-11-23(6)17(3)13-19(14-20(22)23)27-18(4)24/h13,15-16,19-20H,8-12,14H2,1-7H3. The quantitative estimate of drug-likeness (QED) is 0.464. The molecule has 1 saturated carbocycles. The number of allylic oxidation sites excluding steroid dienone is 1. The molecular formula is C23H38O4. The molecule has 0 aromatic heterocycles. The number of carbonyl (C=O) groups is 2. The third-order valence-corrected chi connectivity index (χ3v) is 7.83. The fraction of sp³-hybridized carbons (Fsp3) is 0.826. The number of carbonyl (C=O) groups excluding carboxylic acids is 2. The largest absolute Gasteiger partial charge is 0.469 e. The van der Waals surface area contributed by atoms with Gasteiger partial charge in [0.1, 0.15) is 6.10 Å². The predicted octanol–water partition coefficient (Wildman–Crippen LogP) is 5.31. The summed E-state index contributed by atoms with van der Waals surface area (Å²) in [6.45, 7) is 13.0. The number of hydrogen-bond acceptors (Lipinski definition) is 4. The Labute approximate surface area is 165 Å². The first kappa shape index (κ1) is 22.0. The van der Waals surface area contributed by atoms with Gasteiger partial charge in [0, 0.05) is 13.3 Å². The fourth-order valence-electron chi connectivity index (χ4n) is 5.61. The molecule has 2 aliphatic carbocycles. The molecular weight excluding hydrogens is 340 g/mol. The average molecular weight is 379 g/mol. The molecule has 0 saturated heterocycles. The lowest BCUT2D eigenvalue weighted by atomic mass is 9.46. The van der Waals surface area contributed by atoms with E-state index in [0.717, 1.165) is 19.3 Å². The van der Waals surface area contributed by atoms with E-state index in [-0.39, 0.29) is 28.9 Å². The number of esters is 2. The molecule has 0 amide bonds. The van der Waals surface area contributed by atoms with Crippen LogP contribution in [-0.2, 0) is 19.1 Å². The van der Waals surface area contributed by atoms with Crippen LogP contribution in [0.25, 0.3) is 0 Å². The summed E-state index contributed by atoms with van der Waals surface area (Å²) in [5.41, 5.74) is 1.71. The van der Waals surface area contributed by atoms with Gasteiger partial charge in [-0.3, -0.25) is 9.59 Å². The van der Waals surface area contributed by atoms with Crippen molar-refractivity contribution in [1.82, 2.24) is 0 Å². The SMILES string of the molecule is COC(=O)CC(C)CCC1(C)C(C)CCC2(C)C(C)=CC(OC(C)=O)CC21. The zero-order valence-corrected chi connectivity index (χ0v) is 18.3. The minimum absolute atomic E-state index is 0.113. The first-order valence-electron chi connectivity index (χ1n) is 10.5. The molecule has 6 atom stereocenters. The molecule has 0 heterocycles. The van der Waals surface area contributed by atoms with Crippen LogP contribution in [0.5, 0.6) is 0 Å². The van der Waals surface area contributed by atoms with E-state index in [1.54, 1.807) is 0 Å². The highest BCUT2D eigenvalue weighted by atomic mass is 16.5. The molecule has 0 N–H and O–H groups in total. The van der Waals surface area contributed by atoms with Crippen LogP contribution in [-0.4, -0.2) is 25.2 Å². The van der Waals surface area contributed by atoms with Gasteiger partial charge in [0.05, 0.1) is 7.11 Å². The molecule has 0 aliphatic heterocycles. The van der Waals surface area contributed by atoms with Crippen molar-refractivity contribution < 1.29 is 19.1 Å². The van der Waals surface area contributed by atoms with E-state index in [4.69, 9.17) is 9.47 Å². The first-order chi connectivity index (χ1) is 12.5. The normalized spacial score (nSPS) is 37.0. The van der Waals surface area contributed by atoms with Gasteiger partial charge in [0.15, 0.2) is 0 Å². The van der Waals surface area contributed by atoms with Crippen molar-refractivity contribution in [2.75, 3.05) is 7.11 Å². The molecule has 4 nitrogen and oxygen atoms in total. The predicted molar refractivity (Wildman–Crippen MR) is 107 cm³/mol. The maximum atomic E-state index is 11.6. The van der Waals surface area contributed by atoms with Crippen LogP contribution in [0.2, 0.25) is 0 Å². The summed E-state index contributed by atoms with van der Waals surface area (Å²) in [6, 6.07) is 0. The van der Waals surface area contributed by atoms with Crippen molar-refractivity contribution in [1.29, 1.82) is 0 Å². The number of methoxy groups -OCH3 is 1. The van der Waals surface area contributed by atoms with Crippen LogP contribution in [0, 0.1) is 28.6 Å². The highest BCUT2D eigenvalue weighted by Crippen LogP contribution is 2.62. The van der Waals surface area contributed by atoms with Gasteiger partial charge in [0.25, 0.3) is 0 Å². The minimum Gasteiger partial charge on any atom is -0.469 e. The second-order valence-corrected chi connectivity index (χ2v) is 9.57. The smallest absolute Gasteiger partial charge is 0.305 e.